The molecule has 2 aromatic rings. The van der Waals surface area contributed by atoms with E-state index in [0.29, 0.717) is 0 Å². The Bertz CT molecular complexity index is 877. The Hall–Kier alpha value is -2.85. The van der Waals surface area contributed by atoms with Crippen molar-refractivity contribution in [1.82, 2.24) is 4.90 Å². The van der Waals surface area contributed by atoms with Crippen molar-refractivity contribution in [3.8, 4) is 5.75 Å². The zero-order valence-electron chi connectivity index (χ0n) is 14.5. The van der Waals surface area contributed by atoms with E-state index >= 15 is 0 Å². The van der Waals surface area contributed by atoms with Crippen molar-refractivity contribution in [2.24, 2.45) is 0 Å². The van der Waals surface area contributed by atoms with E-state index in [1.165, 1.54) is 42.3 Å². The molecule has 7 nitrogen and oxygen atoms in total. The Kier molecular flexibility index (Phi) is 6.81. The number of hydrogen-bond donors (Lipinski definition) is 1. The van der Waals surface area contributed by atoms with Crippen molar-refractivity contribution in [2.45, 2.75) is 12.9 Å². The summed E-state index contributed by atoms with van der Waals surface area (Å²) in [6, 6.07) is 9.40. The van der Waals surface area contributed by atoms with Crippen molar-refractivity contribution < 1.29 is 27.6 Å². The molecule has 0 aliphatic heterocycles. The molecule has 0 fully saturated rings. The number of amides is 1. The van der Waals surface area contributed by atoms with Gasteiger partial charge in [-0.15, -0.1) is 13.2 Å². The van der Waals surface area contributed by atoms with Gasteiger partial charge in [0, 0.05) is 23.9 Å². The molecule has 0 spiro atoms. The lowest BCUT2D eigenvalue weighted by atomic mass is 10.2. The number of para-hydroxylation sites is 1. The highest BCUT2D eigenvalue weighted by Crippen LogP contribution is 2.28. The minimum absolute atomic E-state index is 0.0143. The Balaban J connectivity index is 2.00. The van der Waals surface area contributed by atoms with Crippen LogP contribution in [0.2, 0.25) is 5.02 Å². The smallest absolute Gasteiger partial charge is 0.405 e. The minimum atomic E-state index is -4.82. The lowest BCUT2D eigenvalue weighted by Gasteiger charge is -2.19. The number of benzene rings is 2. The number of rotatable bonds is 7. The van der Waals surface area contributed by atoms with Gasteiger partial charge in [-0.2, -0.15) is 0 Å². The molecule has 1 amide bonds. The van der Waals surface area contributed by atoms with Crippen LogP contribution in [0.25, 0.3) is 0 Å². The fourth-order valence-electron chi connectivity index (χ4n) is 2.38. The predicted molar refractivity (Wildman–Crippen MR) is 96.2 cm³/mol. The van der Waals surface area contributed by atoms with E-state index in [0.717, 1.165) is 6.07 Å². The molecule has 11 heteroatoms. The Morgan fingerprint density at radius 2 is 1.96 bits per heavy atom. The second kappa shape index (κ2) is 8.89. The number of carbonyl (C=O) groups is 1. The topological polar surface area (TPSA) is 84.7 Å². The van der Waals surface area contributed by atoms with Gasteiger partial charge >= 0.3 is 6.36 Å². The number of alkyl halides is 3. The largest absolute Gasteiger partial charge is 0.573 e. The van der Waals surface area contributed by atoms with Crippen molar-refractivity contribution in [2.75, 3.05) is 18.9 Å². The first-order valence-electron chi connectivity index (χ1n) is 7.81. The number of likely N-dealkylation sites (N-methyl/N-ethyl adjacent to an activating group) is 1. The highest BCUT2D eigenvalue weighted by Gasteiger charge is 2.32. The molecular formula is C17H15ClF3N3O4. The standard InChI is InChI=1S/C17H15ClF3N3O4/c1-23(9-11-4-2-3-5-15(11)28-17(19,20)21)10-16(25)22-12-6-7-13(18)14(8-12)24(26)27/h2-8H,9-10H2,1H3,(H,22,25). The Morgan fingerprint density at radius 3 is 2.61 bits per heavy atom. The van der Waals surface area contributed by atoms with Crippen LogP contribution in [0.3, 0.4) is 0 Å². The van der Waals surface area contributed by atoms with E-state index < -0.39 is 17.2 Å². The first-order valence-corrected chi connectivity index (χ1v) is 8.19. The molecule has 0 aromatic heterocycles. The average Bonchev–Trinajstić information content (AvgIpc) is 2.56. The van der Waals surface area contributed by atoms with E-state index in [-0.39, 0.29) is 40.8 Å². The molecule has 0 unspecified atom stereocenters. The van der Waals surface area contributed by atoms with Crippen molar-refractivity contribution in [1.29, 1.82) is 0 Å². The molecule has 0 atom stereocenters. The number of nitro groups is 1. The number of nitrogens with zero attached hydrogens (tertiary/aromatic N) is 2. The molecule has 1 N–H and O–H groups in total. The van der Waals surface area contributed by atoms with Crippen molar-refractivity contribution in [3.05, 3.63) is 63.2 Å². The zero-order valence-corrected chi connectivity index (χ0v) is 15.3. The SMILES string of the molecule is CN(CC(=O)Nc1ccc(Cl)c([N+](=O)[O-])c1)Cc1ccccc1OC(F)(F)F. The number of ether oxygens (including phenoxy) is 1. The summed E-state index contributed by atoms with van der Waals surface area (Å²) in [5, 5.41) is 13.3. The van der Waals surface area contributed by atoms with Gasteiger partial charge in [-0.05, 0) is 25.2 Å². The summed E-state index contributed by atoms with van der Waals surface area (Å²) in [6.07, 6.45) is -4.82. The van der Waals surface area contributed by atoms with Crippen molar-refractivity contribution in [3.63, 3.8) is 0 Å². The second-order valence-electron chi connectivity index (χ2n) is 5.80. The highest BCUT2D eigenvalue weighted by molar-refractivity contribution is 6.32. The maximum absolute atomic E-state index is 12.5. The van der Waals surface area contributed by atoms with Gasteiger partial charge in [0.05, 0.1) is 11.5 Å². The minimum Gasteiger partial charge on any atom is -0.405 e. The molecule has 28 heavy (non-hydrogen) atoms. The van der Waals surface area contributed by atoms with Gasteiger partial charge in [0.2, 0.25) is 5.91 Å². The molecule has 0 radical (unpaired) electrons. The van der Waals surface area contributed by atoms with Crippen LogP contribution < -0.4 is 10.1 Å². The van der Waals surface area contributed by atoms with Gasteiger partial charge in [0.15, 0.2) is 0 Å². The van der Waals surface area contributed by atoms with E-state index in [4.69, 9.17) is 11.6 Å². The lowest BCUT2D eigenvalue weighted by molar-refractivity contribution is -0.384. The summed E-state index contributed by atoms with van der Waals surface area (Å²) in [5.74, 6) is -0.857. The van der Waals surface area contributed by atoms with Gasteiger partial charge in [-0.25, -0.2) is 0 Å². The number of hydrogen-bond acceptors (Lipinski definition) is 5. The van der Waals surface area contributed by atoms with E-state index in [9.17, 15) is 28.1 Å². The highest BCUT2D eigenvalue weighted by atomic mass is 35.5. The van der Waals surface area contributed by atoms with Crippen LogP contribution in [0.1, 0.15) is 5.56 Å². The number of halogens is 4. The number of nitrogens with one attached hydrogen (secondary N) is 1. The van der Waals surface area contributed by atoms with Gasteiger partial charge in [0.25, 0.3) is 5.69 Å². The summed E-state index contributed by atoms with van der Waals surface area (Å²) < 4.78 is 41.4. The summed E-state index contributed by atoms with van der Waals surface area (Å²) in [7, 11) is 1.54. The fourth-order valence-corrected chi connectivity index (χ4v) is 2.57. The molecule has 0 aliphatic carbocycles. The van der Waals surface area contributed by atoms with E-state index in [2.05, 4.69) is 10.1 Å². The number of anilines is 1. The third-order valence-electron chi connectivity index (χ3n) is 3.48. The van der Waals surface area contributed by atoms with Crippen LogP contribution in [-0.4, -0.2) is 35.7 Å². The molecule has 150 valence electrons. The lowest BCUT2D eigenvalue weighted by Crippen LogP contribution is -2.30. The summed E-state index contributed by atoms with van der Waals surface area (Å²) >= 11 is 5.71. The number of carbonyl (C=O) groups excluding carboxylic acids is 1. The van der Waals surface area contributed by atoms with Crippen LogP contribution in [0.5, 0.6) is 5.75 Å². The summed E-state index contributed by atoms with van der Waals surface area (Å²) in [5.41, 5.74) is 0.0682. The molecule has 0 heterocycles. The van der Waals surface area contributed by atoms with Crippen LogP contribution in [0.15, 0.2) is 42.5 Å². The van der Waals surface area contributed by atoms with Crippen LogP contribution in [0, 0.1) is 10.1 Å². The fraction of sp³-hybridized carbons (Fsp3) is 0.235. The number of nitro benzene ring substituents is 1. The third-order valence-corrected chi connectivity index (χ3v) is 3.80. The van der Waals surface area contributed by atoms with Gasteiger partial charge in [-0.1, -0.05) is 29.8 Å². The zero-order chi connectivity index (χ0) is 20.9. The molecule has 0 saturated carbocycles. The molecule has 0 aliphatic rings. The monoisotopic (exact) mass is 417 g/mol. The van der Waals surface area contributed by atoms with Crippen molar-refractivity contribution >= 4 is 28.9 Å². The van der Waals surface area contributed by atoms with E-state index in [1.807, 2.05) is 0 Å². The Morgan fingerprint density at radius 1 is 1.29 bits per heavy atom. The van der Waals surface area contributed by atoms with Gasteiger partial charge in [-0.3, -0.25) is 19.8 Å². The molecule has 0 saturated heterocycles. The molecule has 2 aromatic carbocycles. The third kappa shape index (κ3) is 6.39. The van der Waals surface area contributed by atoms with Gasteiger partial charge < -0.3 is 10.1 Å². The second-order valence-corrected chi connectivity index (χ2v) is 6.21. The van der Waals surface area contributed by atoms with Gasteiger partial charge in [0.1, 0.15) is 10.8 Å². The average molecular weight is 418 g/mol. The van der Waals surface area contributed by atoms with Crippen LogP contribution >= 0.6 is 11.6 Å². The summed E-state index contributed by atoms with van der Waals surface area (Å²) in [4.78, 5) is 23.8. The first-order chi connectivity index (χ1) is 13.0. The first kappa shape index (κ1) is 21.5. The normalized spacial score (nSPS) is 11.4. The quantitative estimate of drug-likeness (QED) is 0.538. The molecular weight excluding hydrogens is 403 g/mol. The van der Waals surface area contributed by atoms with Crippen LogP contribution in [0.4, 0.5) is 24.5 Å². The van der Waals surface area contributed by atoms with E-state index in [1.54, 1.807) is 6.07 Å². The molecule has 0 bridgehead atoms. The van der Waals surface area contributed by atoms with Crippen LogP contribution in [-0.2, 0) is 11.3 Å². The maximum atomic E-state index is 12.5. The predicted octanol–water partition coefficient (Wildman–Crippen LogP) is 4.22. The summed E-state index contributed by atoms with van der Waals surface area (Å²) in [6.45, 7) is -0.156. The molecule has 2 rings (SSSR count). The Labute approximate surface area is 162 Å². The maximum Gasteiger partial charge on any atom is 0.573 e.